The number of carbonyl (C=O) groups excluding carboxylic acids is 1. The second-order valence-corrected chi connectivity index (χ2v) is 6.94. The van der Waals surface area contributed by atoms with Gasteiger partial charge in [-0.3, -0.25) is 4.79 Å². The third-order valence-corrected chi connectivity index (χ3v) is 5.05. The molecule has 2 heterocycles. The Morgan fingerprint density at radius 1 is 1.10 bits per heavy atom. The van der Waals surface area contributed by atoms with Gasteiger partial charge in [0.05, 0.1) is 12.3 Å². The molecule has 0 radical (unpaired) electrons. The number of hydrogen-bond acceptors (Lipinski definition) is 5. The van der Waals surface area contributed by atoms with Gasteiger partial charge >= 0.3 is 6.18 Å². The number of nitrogens with zero attached hydrogens (tertiary/aromatic N) is 5. The molecule has 0 N–H and O–H groups in total. The molecular weight excluding hydrogens is 383 g/mol. The number of hydrogen-bond donors (Lipinski definition) is 0. The maximum absolute atomic E-state index is 12.8. The molecule has 1 saturated heterocycles. The first-order valence-electron chi connectivity index (χ1n) is 9.20. The Hall–Kier alpha value is -3.15. The molecule has 29 heavy (non-hydrogen) atoms. The van der Waals surface area contributed by atoms with Gasteiger partial charge < -0.3 is 9.80 Å². The van der Waals surface area contributed by atoms with E-state index in [1.165, 1.54) is 12.1 Å². The van der Waals surface area contributed by atoms with E-state index in [2.05, 4.69) is 10.2 Å². The van der Waals surface area contributed by atoms with Gasteiger partial charge in [0.1, 0.15) is 6.07 Å². The Morgan fingerprint density at radius 2 is 1.76 bits per heavy atom. The molecule has 0 unspecified atom stereocenters. The van der Waals surface area contributed by atoms with Crippen LogP contribution in [-0.4, -0.2) is 53.4 Å². The number of alkyl halides is 3. The van der Waals surface area contributed by atoms with Crippen LogP contribution in [0.3, 0.4) is 0 Å². The maximum Gasteiger partial charge on any atom is 0.395 e. The summed E-state index contributed by atoms with van der Waals surface area (Å²) >= 11 is 0. The van der Waals surface area contributed by atoms with Gasteiger partial charge in [0, 0.05) is 26.2 Å². The van der Waals surface area contributed by atoms with Crippen molar-refractivity contribution >= 4 is 11.7 Å². The van der Waals surface area contributed by atoms with Crippen molar-refractivity contribution in [3.05, 3.63) is 53.2 Å². The predicted octanol–water partition coefficient (Wildman–Crippen LogP) is 2.91. The van der Waals surface area contributed by atoms with Crippen LogP contribution in [0.1, 0.15) is 29.7 Å². The molecule has 2 aromatic rings. The van der Waals surface area contributed by atoms with Gasteiger partial charge in [0.25, 0.3) is 0 Å². The smallest absolute Gasteiger partial charge is 0.352 e. The van der Waals surface area contributed by atoms with E-state index >= 15 is 0 Å². The lowest BCUT2D eigenvalue weighted by Crippen LogP contribution is -2.49. The molecule has 1 fully saturated rings. The molecular formula is C20H20F3N5O. The zero-order chi connectivity index (χ0) is 21.0. The van der Waals surface area contributed by atoms with E-state index in [1.807, 2.05) is 11.0 Å². The highest BCUT2D eigenvalue weighted by Gasteiger charge is 2.36. The molecule has 1 aromatic carbocycles. The average Bonchev–Trinajstić information content (AvgIpc) is 2.73. The molecule has 9 heteroatoms. The van der Waals surface area contributed by atoms with Gasteiger partial charge in [-0.1, -0.05) is 24.3 Å². The van der Waals surface area contributed by atoms with Crippen molar-refractivity contribution in [3.63, 3.8) is 0 Å². The summed E-state index contributed by atoms with van der Waals surface area (Å²) in [6, 6.07) is 11.3. The van der Waals surface area contributed by atoms with E-state index in [-0.39, 0.29) is 23.6 Å². The van der Waals surface area contributed by atoms with Crippen molar-refractivity contribution in [1.82, 2.24) is 15.1 Å². The summed E-state index contributed by atoms with van der Waals surface area (Å²) in [5.74, 6) is -0.941. The molecule has 1 aliphatic heterocycles. The fourth-order valence-corrected chi connectivity index (χ4v) is 3.14. The minimum atomic E-state index is -4.28. The quantitative estimate of drug-likeness (QED) is 0.785. The molecule has 1 atom stereocenters. The van der Waals surface area contributed by atoms with Crippen LogP contribution in [0.2, 0.25) is 0 Å². The van der Waals surface area contributed by atoms with E-state index < -0.39 is 12.1 Å². The van der Waals surface area contributed by atoms with Crippen LogP contribution in [0.25, 0.3) is 0 Å². The fraction of sp³-hybridized carbons (Fsp3) is 0.400. The fourth-order valence-electron chi connectivity index (χ4n) is 3.14. The lowest BCUT2D eigenvalue weighted by atomic mass is 9.98. The topological polar surface area (TPSA) is 73.1 Å². The third kappa shape index (κ3) is 5.02. The molecule has 0 saturated carbocycles. The van der Waals surface area contributed by atoms with Gasteiger partial charge in [0.15, 0.2) is 11.5 Å². The SMILES string of the molecule is C[C@H](c1ccc(CC(=O)N2CCN(c3ccc(C#N)nn3)CC2)cc1)C(F)(F)F. The second-order valence-electron chi connectivity index (χ2n) is 6.94. The number of nitriles is 1. The Morgan fingerprint density at radius 3 is 2.28 bits per heavy atom. The highest BCUT2D eigenvalue weighted by Crippen LogP contribution is 2.34. The Labute approximate surface area is 166 Å². The lowest BCUT2D eigenvalue weighted by Gasteiger charge is -2.35. The first kappa shape index (κ1) is 20.6. The largest absolute Gasteiger partial charge is 0.395 e. The molecule has 0 spiro atoms. The van der Waals surface area contributed by atoms with Crippen LogP contribution in [0.15, 0.2) is 36.4 Å². The van der Waals surface area contributed by atoms with E-state index in [9.17, 15) is 18.0 Å². The number of anilines is 1. The zero-order valence-electron chi connectivity index (χ0n) is 15.9. The van der Waals surface area contributed by atoms with Crippen LogP contribution in [-0.2, 0) is 11.2 Å². The van der Waals surface area contributed by atoms with Crippen LogP contribution < -0.4 is 4.90 Å². The van der Waals surface area contributed by atoms with Crippen molar-refractivity contribution in [3.8, 4) is 6.07 Å². The number of carbonyl (C=O) groups is 1. The first-order valence-corrected chi connectivity index (χ1v) is 9.20. The normalized spacial score (nSPS) is 15.7. The lowest BCUT2D eigenvalue weighted by molar-refractivity contribution is -0.146. The third-order valence-electron chi connectivity index (χ3n) is 5.05. The van der Waals surface area contributed by atoms with Crippen molar-refractivity contribution in [2.45, 2.75) is 25.4 Å². The number of piperazine rings is 1. The van der Waals surface area contributed by atoms with Crippen molar-refractivity contribution in [2.24, 2.45) is 0 Å². The number of halogens is 3. The molecule has 152 valence electrons. The highest BCUT2D eigenvalue weighted by atomic mass is 19.4. The minimum Gasteiger partial charge on any atom is -0.352 e. The summed E-state index contributed by atoms with van der Waals surface area (Å²) < 4.78 is 38.4. The summed E-state index contributed by atoms with van der Waals surface area (Å²) in [5.41, 5.74) is 1.12. The van der Waals surface area contributed by atoms with Crippen LogP contribution >= 0.6 is 0 Å². The Kier molecular flexibility index (Phi) is 6.01. The predicted molar refractivity (Wildman–Crippen MR) is 100 cm³/mol. The molecule has 1 aromatic heterocycles. The Balaban J connectivity index is 1.53. The van der Waals surface area contributed by atoms with E-state index in [4.69, 9.17) is 5.26 Å². The van der Waals surface area contributed by atoms with Gasteiger partial charge in [-0.2, -0.15) is 18.4 Å². The van der Waals surface area contributed by atoms with E-state index in [1.54, 1.807) is 29.2 Å². The molecule has 1 aliphatic rings. The molecule has 0 bridgehead atoms. The highest BCUT2D eigenvalue weighted by molar-refractivity contribution is 5.79. The zero-order valence-corrected chi connectivity index (χ0v) is 15.9. The summed E-state index contributed by atoms with van der Waals surface area (Å²) in [6.45, 7) is 3.34. The maximum atomic E-state index is 12.8. The van der Waals surface area contributed by atoms with Gasteiger partial charge in [-0.05, 0) is 30.2 Å². The monoisotopic (exact) mass is 403 g/mol. The number of rotatable bonds is 4. The first-order chi connectivity index (χ1) is 13.8. The summed E-state index contributed by atoms with van der Waals surface area (Å²) in [6.07, 6.45) is -4.13. The molecule has 6 nitrogen and oxygen atoms in total. The van der Waals surface area contributed by atoms with E-state index in [0.717, 1.165) is 6.92 Å². The number of aromatic nitrogens is 2. The van der Waals surface area contributed by atoms with Crippen molar-refractivity contribution < 1.29 is 18.0 Å². The van der Waals surface area contributed by atoms with Crippen LogP contribution in [0.4, 0.5) is 19.0 Å². The van der Waals surface area contributed by atoms with Crippen LogP contribution in [0.5, 0.6) is 0 Å². The Bertz CT molecular complexity index is 882. The molecule has 1 amide bonds. The number of benzene rings is 1. The van der Waals surface area contributed by atoms with Gasteiger partial charge in [-0.15, -0.1) is 10.2 Å². The standard InChI is InChI=1S/C20H20F3N5O/c1-14(20(21,22)23)16-4-2-15(3-5-16)12-19(29)28-10-8-27(9-11-28)18-7-6-17(13-24)25-26-18/h2-7,14H,8-12H2,1H3/t14-/m1/s1. The number of amides is 1. The summed E-state index contributed by atoms with van der Waals surface area (Å²) in [4.78, 5) is 16.3. The summed E-state index contributed by atoms with van der Waals surface area (Å²) in [7, 11) is 0. The van der Waals surface area contributed by atoms with E-state index in [0.29, 0.717) is 37.6 Å². The second kappa shape index (κ2) is 8.47. The minimum absolute atomic E-state index is 0.0628. The van der Waals surface area contributed by atoms with Crippen molar-refractivity contribution in [1.29, 1.82) is 5.26 Å². The van der Waals surface area contributed by atoms with Gasteiger partial charge in [-0.25, -0.2) is 0 Å². The molecule has 3 rings (SSSR count). The van der Waals surface area contributed by atoms with Gasteiger partial charge in [0.2, 0.25) is 5.91 Å². The summed E-state index contributed by atoms with van der Waals surface area (Å²) in [5, 5.41) is 16.6. The van der Waals surface area contributed by atoms with Crippen LogP contribution in [0, 0.1) is 11.3 Å². The van der Waals surface area contributed by atoms with Crippen molar-refractivity contribution in [2.75, 3.05) is 31.1 Å². The average molecular weight is 403 g/mol. The molecule has 0 aliphatic carbocycles.